The number of aryl methyl sites for hydroxylation is 1. The Morgan fingerprint density at radius 3 is 2.00 bits per heavy atom. The molecule has 0 aromatic heterocycles. The molecule has 0 N–H and O–H groups in total. The van der Waals surface area contributed by atoms with Crippen molar-refractivity contribution >= 4 is 12.2 Å². The van der Waals surface area contributed by atoms with Crippen molar-refractivity contribution in [3.05, 3.63) is 77.6 Å². The second kappa shape index (κ2) is 8.89. The number of benzene rings is 2. The lowest BCUT2D eigenvalue weighted by atomic mass is 10.1. The van der Waals surface area contributed by atoms with Crippen LogP contribution in [0.2, 0.25) is 0 Å². The Morgan fingerprint density at radius 2 is 1.48 bits per heavy atom. The van der Waals surface area contributed by atoms with Crippen LogP contribution >= 0.6 is 0 Å². The van der Waals surface area contributed by atoms with Gasteiger partial charge in [0.05, 0.1) is 6.26 Å². The molecule has 2 aromatic rings. The first-order chi connectivity index (χ1) is 11.2. The molecule has 0 unspecified atom stereocenters. The zero-order chi connectivity index (χ0) is 16.5. The predicted octanol–water partition coefficient (Wildman–Crippen LogP) is 5.97. The second-order valence-electron chi connectivity index (χ2n) is 5.17. The molecule has 0 aliphatic rings. The zero-order valence-electron chi connectivity index (χ0n) is 13.1. The molecule has 0 aliphatic heterocycles. The molecule has 0 saturated carbocycles. The molecule has 0 heterocycles. The van der Waals surface area contributed by atoms with Crippen LogP contribution in [-0.4, -0.2) is 6.43 Å². The van der Waals surface area contributed by atoms with Gasteiger partial charge in [-0.3, -0.25) is 0 Å². The Hall–Kier alpha value is -2.42. The SMILES string of the molecule is CCCc1ccc(/C=C/c2ccc(O/C=C/C(F)F)cc2)cc1. The van der Waals surface area contributed by atoms with Gasteiger partial charge in [0.25, 0.3) is 6.43 Å². The van der Waals surface area contributed by atoms with E-state index in [1.54, 1.807) is 12.1 Å². The normalized spacial score (nSPS) is 11.7. The third-order valence-electron chi connectivity index (χ3n) is 3.29. The van der Waals surface area contributed by atoms with E-state index < -0.39 is 6.43 Å². The lowest BCUT2D eigenvalue weighted by molar-refractivity contribution is 0.201. The van der Waals surface area contributed by atoms with Crippen molar-refractivity contribution in [3.63, 3.8) is 0 Å². The molecule has 0 radical (unpaired) electrons. The summed E-state index contributed by atoms with van der Waals surface area (Å²) in [6, 6.07) is 15.8. The minimum atomic E-state index is -2.50. The van der Waals surface area contributed by atoms with E-state index in [0.717, 1.165) is 30.2 Å². The molecule has 0 bridgehead atoms. The van der Waals surface area contributed by atoms with Crippen LogP contribution < -0.4 is 4.74 Å². The highest BCUT2D eigenvalue weighted by molar-refractivity contribution is 5.69. The molecule has 2 aromatic carbocycles. The number of hydrogen-bond acceptors (Lipinski definition) is 1. The third kappa shape index (κ3) is 6.07. The van der Waals surface area contributed by atoms with Gasteiger partial charge in [-0.25, -0.2) is 8.78 Å². The van der Waals surface area contributed by atoms with Gasteiger partial charge in [-0.05, 0) is 35.2 Å². The van der Waals surface area contributed by atoms with Gasteiger partial charge in [0.2, 0.25) is 0 Å². The van der Waals surface area contributed by atoms with E-state index in [2.05, 4.69) is 31.2 Å². The van der Waals surface area contributed by atoms with E-state index in [9.17, 15) is 8.78 Å². The average Bonchev–Trinajstić information content (AvgIpc) is 2.55. The van der Waals surface area contributed by atoms with Crippen LogP contribution in [0.5, 0.6) is 5.75 Å². The summed E-state index contributed by atoms with van der Waals surface area (Å²) in [7, 11) is 0. The van der Waals surface area contributed by atoms with E-state index in [0.29, 0.717) is 11.8 Å². The van der Waals surface area contributed by atoms with Crippen LogP contribution in [0.4, 0.5) is 8.78 Å². The summed E-state index contributed by atoms with van der Waals surface area (Å²) in [4.78, 5) is 0. The van der Waals surface area contributed by atoms with E-state index in [-0.39, 0.29) is 0 Å². The van der Waals surface area contributed by atoms with E-state index in [1.807, 2.05) is 24.3 Å². The Balaban J connectivity index is 1.94. The van der Waals surface area contributed by atoms with Gasteiger partial charge in [-0.2, -0.15) is 0 Å². The highest BCUT2D eigenvalue weighted by Crippen LogP contribution is 2.15. The smallest absolute Gasteiger partial charge is 0.260 e. The zero-order valence-corrected chi connectivity index (χ0v) is 13.1. The number of hydrogen-bond donors (Lipinski definition) is 0. The molecule has 0 spiro atoms. The summed E-state index contributed by atoms with van der Waals surface area (Å²) >= 11 is 0. The number of allylic oxidation sites excluding steroid dienone is 1. The Labute approximate surface area is 135 Å². The maximum absolute atomic E-state index is 12.0. The maximum atomic E-state index is 12.0. The molecular weight excluding hydrogens is 294 g/mol. The van der Waals surface area contributed by atoms with Gasteiger partial charge in [-0.15, -0.1) is 0 Å². The molecule has 1 nitrogen and oxygen atoms in total. The molecule has 0 amide bonds. The Kier molecular flexibility index (Phi) is 6.55. The van der Waals surface area contributed by atoms with Gasteiger partial charge in [0.15, 0.2) is 0 Å². The minimum Gasteiger partial charge on any atom is -0.465 e. The third-order valence-corrected chi connectivity index (χ3v) is 3.29. The Morgan fingerprint density at radius 1 is 0.913 bits per heavy atom. The van der Waals surface area contributed by atoms with Crippen molar-refractivity contribution in [3.8, 4) is 5.75 Å². The van der Waals surface area contributed by atoms with Crippen LogP contribution in [0.25, 0.3) is 12.2 Å². The van der Waals surface area contributed by atoms with E-state index in [1.165, 1.54) is 5.56 Å². The Bertz CT molecular complexity index is 640. The average molecular weight is 314 g/mol. The standard InChI is InChI=1S/C20H20F2O/c1-2-3-16-4-6-17(7-5-16)8-9-18-10-12-19(13-11-18)23-15-14-20(21)22/h4-15,20H,2-3H2,1H3/b9-8+,15-14+. The predicted molar refractivity (Wildman–Crippen MR) is 91.6 cm³/mol. The highest BCUT2D eigenvalue weighted by atomic mass is 19.3. The first kappa shape index (κ1) is 16.9. The van der Waals surface area contributed by atoms with Crippen molar-refractivity contribution in [1.29, 1.82) is 0 Å². The van der Waals surface area contributed by atoms with Gasteiger partial charge in [-0.1, -0.05) is 61.9 Å². The summed E-state index contributed by atoms with van der Waals surface area (Å²) in [5, 5.41) is 0. The number of rotatable bonds is 7. The molecule has 0 saturated heterocycles. The summed E-state index contributed by atoms with van der Waals surface area (Å²) < 4.78 is 29.0. The molecule has 3 heteroatoms. The molecule has 120 valence electrons. The van der Waals surface area contributed by atoms with Crippen LogP contribution in [0, 0.1) is 0 Å². The van der Waals surface area contributed by atoms with Crippen molar-refractivity contribution in [2.75, 3.05) is 0 Å². The lowest BCUT2D eigenvalue weighted by Gasteiger charge is -2.01. The van der Waals surface area contributed by atoms with E-state index >= 15 is 0 Å². The topological polar surface area (TPSA) is 9.23 Å². The molecular formula is C20H20F2O. The quantitative estimate of drug-likeness (QED) is 0.452. The summed E-state index contributed by atoms with van der Waals surface area (Å²) in [6.45, 7) is 2.17. The van der Waals surface area contributed by atoms with Crippen LogP contribution in [-0.2, 0) is 6.42 Å². The van der Waals surface area contributed by atoms with Gasteiger partial charge in [0, 0.05) is 6.08 Å². The number of alkyl halides is 2. The fourth-order valence-electron chi connectivity index (χ4n) is 2.11. The number of halogens is 2. The maximum Gasteiger partial charge on any atom is 0.260 e. The largest absolute Gasteiger partial charge is 0.465 e. The first-order valence-electron chi connectivity index (χ1n) is 7.66. The first-order valence-corrected chi connectivity index (χ1v) is 7.66. The molecule has 23 heavy (non-hydrogen) atoms. The van der Waals surface area contributed by atoms with Crippen LogP contribution in [0.15, 0.2) is 60.9 Å². The summed E-state index contributed by atoms with van der Waals surface area (Å²) in [5.41, 5.74) is 3.51. The van der Waals surface area contributed by atoms with Gasteiger partial charge in [0.1, 0.15) is 5.75 Å². The van der Waals surface area contributed by atoms with Crippen LogP contribution in [0.3, 0.4) is 0 Å². The monoisotopic (exact) mass is 314 g/mol. The van der Waals surface area contributed by atoms with Crippen molar-refractivity contribution < 1.29 is 13.5 Å². The van der Waals surface area contributed by atoms with Gasteiger partial charge < -0.3 is 4.74 Å². The molecule has 0 atom stereocenters. The molecule has 0 fully saturated rings. The van der Waals surface area contributed by atoms with Crippen molar-refractivity contribution in [2.24, 2.45) is 0 Å². The minimum absolute atomic E-state index is 0.531. The fraction of sp³-hybridized carbons (Fsp3) is 0.200. The van der Waals surface area contributed by atoms with E-state index in [4.69, 9.17) is 4.74 Å². The van der Waals surface area contributed by atoms with Crippen molar-refractivity contribution in [1.82, 2.24) is 0 Å². The highest BCUT2D eigenvalue weighted by Gasteiger charge is 1.95. The summed E-state index contributed by atoms with van der Waals surface area (Å²) in [5.74, 6) is 0.531. The summed E-state index contributed by atoms with van der Waals surface area (Å²) in [6.07, 6.45) is 5.52. The number of ether oxygens (including phenoxy) is 1. The van der Waals surface area contributed by atoms with Gasteiger partial charge >= 0.3 is 0 Å². The second-order valence-corrected chi connectivity index (χ2v) is 5.17. The fourth-order valence-corrected chi connectivity index (χ4v) is 2.11. The molecule has 2 rings (SSSR count). The molecule has 0 aliphatic carbocycles. The van der Waals surface area contributed by atoms with Crippen molar-refractivity contribution in [2.45, 2.75) is 26.2 Å². The lowest BCUT2D eigenvalue weighted by Crippen LogP contribution is -1.86. The van der Waals surface area contributed by atoms with Crippen LogP contribution in [0.1, 0.15) is 30.0 Å².